The Hall–Kier alpha value is -2.48. The summed E-state index contributed by atoms with van der Waals surface area (Å²) in [4.78, 5) is 26.3. The summed E-state index contributed by atoms with van der Waals surface area (Å²) in [7, 11) is 1.65. The van der Waals surface area contributed by atoms with E-state index in [9.17, 15) is 9.59 Å². The first-order chi connectivity index (χ1) is 13.6. The Labute approximate surface area is 164 Å². The van der Waals surface area contributed by atoms with Crippen molar-refractivity contribution in [2.75, 3.05) is 25.0 Å². The molecule has 0 spiro atoms. The molecule has 0 amide bonds. The fourth-order valence-corrected chi connectivity index (χ4v) is 4.23. The Balaban J connectivity index is 1.38. The van der Waals surface area contributed by atoms with Gasteiger partial charge in [0.2, 0.25) is 0 Å². The smallest absolute Gasteiger partial charge is 0.267 e. The summed E-state index contributed by atoms with van der Waals surface area (Å²) < 4.78 is 2.98. The molecule has 0 aromatic carbocycles. The van der Waals surface area contributed by atoms with E-state index in [-0.39, 0.29) is 11.1 Å². The van der Waals surface area contributed by atoms with Crippen molar-refractivity contribution >= 4 is 5.82 Å². The van der Waals surface area contributed by atoms with Crippen LogP contribution in [0.4, 0.5) is 5.82 Å². The van der Waals surface area contributed by atoms with E-state index in [0.29, 0.717) is 18.4 Å². The second-order valence-corrected chi connectivity index (χ2v) is 7.78. The molecule has 150 valence electrons. The molecule has 1 fully saturated rings. The predicted molar refractivity (Wildman–Crippen MR) is 108 cm³/mol. The lowest BCUT2D eigenvalue weighted by Gasteiger charge is -2.35. The second-order valence-electron chi connectivity index (χ2n) is 7.78. The number of nitrogens with one attached hydrogen (secondary N) is 1. The maximum atomic E-state index is 12.3. The van der Waals surface area contributed by atoms with Crippen LogP contribution in [0.3, 0.4) is 0 Å². The van der Waals surface area contributed by atoms with Gasteiger partial charge in [0.25, 0.3) is 11.1 Å². The molecule has 8 heteroatoms. The summed E-state index contributed by atoms with van der Waals surface area (Å²) in [5, 5.41) is 12.2. The van der Waals surface area contributed by atoms with Crippen molar-refractivity contribution in [1.82, 2.24) is 24.5 Å². The van der Waals surface area contributed by atoms with Gasteiger partial charge < -0.3 is 5.32 Å². The van der Waals surface area contributed by atoms with Gasteiger partial charge in [-0.05, 0) is 50.3 Å². The summed E-state index contributed by atoms with van der Waals surface area (Å²) >= 11 is 0. The minimum atomic E-state index is -0.114. The highest BCUT2D eigenvalue weighted by atomic mass is 16.1. The zero-order chi connectivity index (χ0) is 19.5. The number of piperidine rings is 1. The van der Waals surface area contributed by atoms with E-state index < -0.39 is 0 Å². The quantitative estimate of drug-likeness (QED) is 0.793. The molecule has 4 rings (SSSR count). The molecule has 1 unspecified atom stereocenters. The normalized spacial score (nSPS) is 19.5. The predicted octanol–water partition coefficient (Wildman–Crippen LogP) is 0.792. The zero-order valence-corrected chi connectivity index (χ0v) is 16.4. The number of aromatic nitrogens is 4. The highest BCUT2D eigenvalue weighted by Gasteiger charge is 2.23. The Morgan fingerprint density at radius 3 is 2.82 bits per heavy atom. The van der Waals surface area contributed by atoms with Crippen LogP contribution in [0.1, 0.15) is 36.9 Å². The zero-order valence-electron chi connectivity index (χ0n) is 16.4. The number of fused-ring (bicyclic) bond motifs is 1. The van der Waals surface area contributed by atoms with Crippen LogP contribution in [-0.2, 0) is 26.4 Å². The molecule has 0 bridgehead atoms. The number of anilines is 1. The Morgan fingerprint density at radius 1 is 1.07 bits per heavy atom. The van der Waals surface area contributed by atoms with E-state index in [1.165, 1.54) is 23.6 Å². The number of hydrogen-bond acceptors (Lipinski definition) is 6. The van der Waals surface area contributed by atoms with Gasteiger partial charge in [0, 0.05) is 38.3 Å². The highest BCUT2D eigenvalue weighted by molar-refractivity contribution is 5.32. The van der Waals surface area contributed by atoms with Crippen molar-refractivity contribution in [3.05, 3.63) is 50.2 Å². The molecular weight excluding hydrogens is 356 g/mol. The van der Waals surface area contributed by atoms with Crippen LogP contribution in [0.25, 0.3) is 0 Å². The van der Waals surface area contributed by atoms with Crippen LogP contribution in [0.2, 0.25) is 0 Å². The molecule has 3 heterocycles. The minimum absolute atomic E-state index is 0.0155. The maximum absolute atomic E-state index is 12.3. The average Bonchev–Trinajstić information content (AvgIpc) is 3.14. The van der Waals surface area contributed by atoms with E-state index >= 15 is 0 Å². The van der Waals surface area contributed by atoms with Gasteiger partial charge in [0.15, 0.2) is 0 Å². The van der Waals surface area contributed by atoms with Crippen LogP contribution < -0.4 is 16.4 Å². The third kappa shape index (κ3) is 4.16. The number of likely N-dealkylation sites (tertiary alicyclic amines) is 1. The first-order valence-electron chi connectivity index (χ1n) is 10.2. The molecule has 28 heavy (non-hydrogen) atoms. The largest absolute Gasteiger partial charge is 0.367 e. The van der Waals surface area contributed by atoms with E-state index in [1.807, 2.05) is 0 Å². The summed E-state index contributed by atoms with van der Waals surface area (Å²) in [6, 6.07) is 5.41. The summed E-state index contributed by atoms with van der Waals surface area (Å²) in [6.07, 6.45) is 6.58. The second kappa shape index (κ2) is 8.26. The lowest BCUT2D eigenvalue weighted by Crippen LogP contribution is -2.45. The number of hydrogen-bond donors (Lipinski definition) is 1. The van der Waals surface area contributed by atoms with Crippen molar-refractivity contribution in [3.8, 4) is 0 Å². The van der Waals surface area contributed by atoms with Crippen LogP contribution in [0.5, 0.6) is 0 Å². The molecule has 2 aromatic heterocycles. The molecule has 8 nitrogen and oxygen atoms in total. The summed E-state index contributed by atoms with van der Waals surface area (Å²) in [6.45, 7) is 3.25. The van der Waals surface area contributed by atoms with Gasteiger partial charge in [-0.15, -0.1) is 0 Å². The Kier molecular flexibility index (Phi) is 5.57. The molecule has 0 radical (unpaired) electrons. The molecule has 2 aromatic rings. The molecule has 1 N–H and O–H groups in total. The van der Waals surface area contributed by atoms with E-state index in [4.69, 9.17) is 0 Å². The maximum Gasteiger partial charge on any atom is 0.267 e. The van der Waals surface area contributed by atoms with E-state index in [2.05, 4.69) is 20.4 Å². The van der Waals surface area contributed by atoms with Gasteiger partial charge in [-0.1, -0.05) is 6.42 Å². The van der Waals surface area contributed by atoms with Crippen molar-refractivity contribution in [2.24, 2.45) is 7.05 Å². The van der Waals surface area contributed by atoms with E-state index in [1.54, 1.807) is 23.9 Å². The third-order valence-electron chi connectivity index (χ3n) is 5.85. The fourth-order valence-electron chi connectivity index (χ4n) is 4.23. The monoisotopic (exact) mass is 384 g/mol. The molecule has 2 aliphatic rings. The molecule has 1 aliphatic carbocycles. The van der Waals surface area contributed by atoms with Crippen molar-refractivity contribution < 1.29 is 0 Å². The van der Waals surface area contributed by atoms with Gasteiger partial charge in [-0.3, -0.25) is 14.5 Å². The SMILES string of the molecule is Cn1nc(NCC2CCCCN2CCn2nc3c(cc2=O)CCC3)ccc1=O. The van der Waals surface area contributed by atoms with Crippen molar-refractivity contribution in [1.29, 1.82) is 0 Å². The molecule has 1 saturated heterocycles. The van der Waals surface area contributed by atoms with Crippen molar-refractivity contribution in [2.45, 2.75) is 51.1 Å². The molecule has 1 aliphatic heterocycles. The summed E-state index contributed by atoms with van der Waals surface area (Å²) in [5.41, 5.74) is 2.13. The van der Waals surface area contributed by atoms with Gasteiger partial charge in [-0.2, -0.15) is 10.2 Å². The molecular formula is C20H28N6O2. The summed E-state index contributed by atoms with van der Waals surface area (Å²) in [5.74, 6) is 0.712. The standard InChI is InChI=1S/C20H28N6O2/c1-24-19(27)9-8-18(23-24)21-14-16-6-2-3-10-25(16)11-12-26-20(28)13-15-5-4-7-17(15)22-26/h8-9,13,16H,2-7,10-12,14H2,1H3,(H,21,23). The Bertz CT molecular complexity index is 950. The van der Waals surface area contributed by atoms with Crippen LogP contribution in [0.15, 0.2) is 27.8 Å². The first-order valence-corrected chi connectivity index (χ1v) is 10.2. The molecule has 0 saturated carbocycles. The highest BCUT2D eigenvalue weighted by Crippen LogP contribution is 2.19. The number of rotatable bonds is 6. The lowest BCUT2D eigenvalue weighted by atomic mass is 10.0. The topological polar surface area (TPSA) is 85.1 Å². The van der Waals surface area contributed by atoms with Crippen molar-refractivity contribution in [3.63, 3.8) is 0 Å². The van der Waals surface area contributed by atoms with Crippen LogP contribution in [0, 0.1) is 0 Å². The van der Waals surface area contributed by atoms with Gasteiger partial charge in [0.1, 0.15) is 5.82 Å². The molecule has 1 atom stereocenters. The van der Waals surface area contributed by atoms with Crippen LogP contribution in [-0.4, -0.2) is 50.1 Å². The third-order valence-corrected chi connectivity index (χ3v) is 5.85. The minimum Gasteiger partial charge on any atom is -0.367 e. The van der Waals surface area contributed by atoms with Gasteiger partial charge in [0.05, 0.1) is 12.2 Å². The van der Waals surface area contributed by atoms with Crippen LogP contribution >= 0.6 is 0 Å². The fraction of sp³-hybridized carbons (Fsp3) is 0.600. The van der Waals surface area contributed by atoms with Gasteiger partial charge >= 0.3 is 0 Å². The average molecular weight is 384 g/mol. The number of nitrogens with zero attached hydrogens (tertiary/aromatic N) is 5. The van der Waals surface area contributed by atoms with Gasteiger partial charge in [-0.25, -0.2) is 9.36 Å². The van der Waals surface area contributed by atoms with E-state index in [0.717, 1.165) is 56.6 Å². The first kappa shape index (κ1) is 18.9. The lowest BCUT2D eigenvalue weighted by molar-refractivity contribution is 0.147. The Morgan fingerprint density at radius 2 is 1.96 bits per heavy atom. The number of aryl methyl sites for hydroxylation is 3.